The van der Waals surface area contributed by atoms with Crippen molar-refractivity contribution in [2.75, 3.05) is 11.5 Å². The van der Waals surface area contributed by atoms with Crippen LogP contribution in [0.15, 0.2) is 42.0 Å². The Labute approximate surface area is 178 Å². The van der Waals surface area contributed by atoms with Crippen LogP contribution in [0.3, 0.4) is 0 Å². The summed E-state index contributed by atoms with van der Waals surface area (Å²) in [5, 5.41) is 34.0. The number of nitro benzene ring substituents is 2. The van der Waals surface area contributed by atoms with Gasteiger partial charge in [0.1, 0.15) is 5.57 Å². The molecule has 13 nitrogen and oxygen atoms in total. The third-order valence-electron chi connectivity index (χ3n) is 4.31. The van der Waals surface area contributed by atoms with E-state index >= 15 is 0 Å². The van der Waals surface area contributed by atoms with Crippen LogP contribution in [0.25, 0.3) is 6.08 Å². The molecule has 0 aromatic heterocycles. The molecule has 164 valence electrons. The number of amides is 4. The molecular formula is C19H14N4O9. The van der Waals surface area contributed by atoms with Crippen LogP contribution in [0.5, 0.6) is 11.5 Å². The van der Waals surface area contributed by atoms with Gasteiger partial charge in [-0.1, -0.05) is 0 Å². The smallest absolute Gasteiger partial charge is 0.335 e. The zero-order valence-corrected chi connectivity index (χ0v) is 16.3. The van der Waals surface area contributed by atoms with Crippen LogP contribution in [0.4, 0.5) is 21.9 Å². The van der Waals surface area contributed by atoms with Gasteiger partial charge in [-0.2, -0.15) is 0 Å². The Morgan fingerprint density at radius 2 is 1.75 bits per heavy atom. The summed E-state index contributed by atoms with van der Waals surface area (Å²) in [5.74, 6) is -3.06. The van der Waals surface area contributed by atoms with Crippen LogP contribution >= 0.6 is 0 Å². The third kappa shape index (κ3) is 4.07. The SMILES string of the molecule is CCOc1cc(/C=C2\C(=O)NC(=O)N(c3ccc([N+](=O)[O-])cc3)C2=O)cc([N+](=O)[O-])c1O. The maximum absolute atomic E-state index is 12.9. The van der Waals surface area contributed by atoms with Crippen LogP contribution in [0.1, 0.15) is 12.5 Å². The fourth-order valence-corrected chi connectivity index (χ4v) is 2.88. The molecule has 0 saturated carbocycles. The molecular weight excluding hydrogens is 428 g/mol. The molecule has 1 fully saturated rings. The molecule has 3 rings (SSSR count). The summed E-state index contributed by atoms with van der Waals surface area (Å²) < 4.78 is 5.16. The topological polar surface area (TPSA) is 182 Å². The maximum atomic E-state index is 12.9. The minimum absolute atomic E-state index is 0.0190. The Morgan fingerprint density at radius 1 is 1.09 bits per heavy atom. The fourth-order valence-electron chi connectivity index (χ4n) is 2.88. The Bertz CT molecular complexity index is 1190. The summed E-state index contributed by atoms with van der Waals surface area (Å²) in [7, 11) is 0. The number of carbonyl (C=O) groups excluding carboxylic acids is 3. The van der Waals surface area contributed by atoms with Crippen LogP contribution in [-0.2, 0) is 9.59 Å². The van der Waals surface area contributed by atoms with Crippen molar-refractivity contribution in [3.8, 4) is 11.5 Å². The second kappa shape index (κ2) is 8.51. The Hall–Kier alpha value is -4.81. The van der Waals surface area contributed by atoms with E-state index in [0.29, 0.717) is 4.90 Å². The number of hydrogen-bond donors (Lipinski definition) is 2. The van der Waals surface area contributed by atoms with Crippen molar-refractivity contribution in [2.24, 2.45) is 0 Å². The van der Waals surface area contributed by atoms with Gasteiger partial charge in [0, 0.05) is 18.2 Å². The first-order valence-electron chi connectivity index (χ1n) is 8.94. The summed E-state index contributed by atoms with van der Waals surface area (Å²) in [6.45, 7) is 1.66. The zero-order valence-electron chi connectivity index (χ0n) is 16.3. The van der Waals surface area contributed by atoms with Gasteiger partial charge in [-0.25, -0.2) is 9.69 Å². The monoisotopic (exact) mass is 442 g/mol. The summed E-state index contributed by atoms with van der Waals surface area (Å²) in [5.41, 5.74) is -1.58. The first-order chi connectivity index (χ1) is 15.1. The highest BCUT2D eigenvalue weighted by atomic mass is 16.6. The second-order valence-corrected chi connectivity index (χ2v) is 6.31. The largest absolute Gasteiger partial charge is 0.500 e. The van der Waals surface area contributed by atoms with Gasteiger partial charge >= 0.3 is 11.7 Å². The summed E-state index contributed by atoms with van der Waals surface area (Å²) >= 11 is 0. The highest BCUT2D eigenvalue weighted by molar-refractivity contribution is 6.39. The minimum Gasteiger partial charge on any atom is -0.500 e. The Morgan fingerprint density at radius 3 is 2.31 bits per heavy atom. The molecule has 0 spiro atoms. The van der Waals surface area contributed by atoms with Crippen LogP contribution in [0, 0.1) is 20.2 Å². The van der Waals surface area contributed by atoms with Crippen molar-refractivity contribution < 1.29 is 34.1 Å². The van der Waals surface area contributed by atoms with E-state index in [4.69, 9.17) is 4.74 Å². The number of urea groups is 1. The quantitative estimate of drug-likeness (QED) is 0.293. The van der Waals surface area contributed by atoms with Crippen LogP contribution in [-0.4, -0.2) is 39.4 Å². The molecule has 2 aromatic rings. The van der Waals surface area contributed by atoms with E-state index in [9.17, 15) is 39.7 Å². The molecule has 1 heterocycles. The van der Waals surface area contributed by atoms with E-state index < -0.39 is 44.7 Å². The van der Waals surface area contributed by atoms with Crippen molar-refractivity contribution >= 4 is 41.0 Å². The van der Waals surface area contributed by atoms with E-state index in [2.05, 4.69) is 0 Å². The van der Waals surface area contributed by atoms with E-state index in [1.165, 1.54) is 6.07 Å². The molecule has 1 saturated heterocycles. The second-order valence-electron chi connectivity index (χ2n) is 6.31. The van der Waals surface area contributed by atoms with E-state index in [1.54, 1.807) is 6.92 Å². The van der Waals surface area contributed by atoms with Crippen LogP contribution < -0.4 is 15.0 Å². The highest BCUT2D eigenvalue weighted by Gasteiger charge is 2.37. The number of hydrogen-bond acceptors (Lipinski definition) is 9. The van der Waals surface area contributed by atoms with Gasteiger partial charge < -0.3 is 9.84 Å². The van der Waals surface area contributed by atoms with Crippen molar-refractivity contribution in [3.63, 3.8) is 0 Å². The highest BCUT2D eigenvalue weighted by Crippen LogP contribution is 2.38. The molecule has 1 aliphatic heterocycles. The number of phenols is 1. The van der Waals surface area contributed by atoms with Gasteiger partial charge in [-0.15, -0.1) is 0 Å². The van der Waals surface area contributed by atoms with Gasteiger partial charge in [0.2, 0.25) is 5.75 Å². The standard InChI is InChI=1S/C19H14N4O9/c1-2-32-15-9-10(8-14(16(15)24)23(30)31)7-13-17(25)20-19(27)21(18(13)26)11-3-5-12(6-4-11)22(28)29/h3-9,24H,2H2,1H3,(H,20,25,27)/b13-7+. The number of barbiturate groups is 1. The molecule has 0 unspecified atom stereocenters. The van der Waals surface area contributed by atoms with Crippen molar-refractivity contribution in [1.82, 2.24) is 5.32 Å². The van der Waals surface area contributed by atoms with Gasteiger partial charge in [-0.05, 0) is 36.8 Å². The molecule has 0 bridgehead atoms. The lowest BCUT2D eigenvalue weighted by Crippen LogP contribution is -2.54. The van der Waals surface area contributed by atoms with Crippen molar-refractivity contribution in [2.45, 2.75) is 6.92 Å². The molecule has 2 aromatic carbocycles. The lowest BCUT2D eigenvalue weighted by Gasteiger charge is -2.26. The molecule has 2 N–H and O–H groups in total. The Kier molecular flexibility index (Phi) is 5.82. The first-order valence-corrected chi connectivity index (χ1v) is 8.94. The molecule has 4 amide bonds. The van der Waals surface area contributed by atoms with Gasteiger partial charge in [0.05, 0.1) is 22.1 Å². The summed E-state index contributed by atoms with van der Waals surface area (Å²) in [6, 6.07) is 5.51. The van der Waals surface area contributed by atoms with Crippen molar-refractivity contribution in [1.29, 1.82) is 0 Å². The van der Waals surface area contributed by atoms with Gasteiger partial charge in [0.25, 0.3) is 17.5 Å². The molecule has 1 aliphatic rings. The minimum atomic E-state index is -1.07. The number of nitro groups is 2. The van der Waals surface area contributed by atoms with E-state index in [0.717, 1.165) is 36.4 Å². The summed E-state index contributed by atoms with van der Waals surface area (Å²) in [4.78, 5) is 58.5. The third-order valence-corrected chi connectivity index (χ3v) is 4.31. The lowest BCUT2D eigenvalue weighted by atomic mass is 10.1. The molecule has 32 heavy (non-hydrogen) atoms. The number of nitrogens with zero attached hydrogens (tertiary/aromatic N) is 3. The van der Waals surface area contributed by atoms with Crippen molar-refractivity contribution in [3.05, 3.63) is 67.8 Å². The zero-order chi connectivity index (χ0) is 23.6. The van der Waals surface area contributed by atoms with E-state index in [1.807, 2.05) is 5.32 Å². The number of benzene rings is 2. The average Bonchev–Trinajstić information content (AvgIpc) is 2.73. The number of aromatic hydroxyl groups is 1. The fraction of sp³-hybridized carbons (Fsp3) is 0.105. The molecule has 13 heteroatoms. The predicted octanol–water partition coefficient (Wildman–Crippen LogP) is 2.27. The number of rotatable bonds is 6. The Balaban J connectivity index is 2.06. The van der Waals surface area contributed by atoms with Gasteiger partial charge in [-0.3, -0.25) is 35.1 Å². The number of nitrogens with one attached hydrogen (secondary N) is 1. The number of carbonyl (C=O) groups is 3. The van der Waals surface area contributed by atoms with Crippen LogP contribution in [0.2, 0.25) is 0 Å². The predicted molar refractivity (Wildman–Crippen MR) is 108 cm³/mol. The average molecular weight is 442 g/mol. The van der Waals surface area contributed by atoms with Gasteiger partial charge in [0.15, 0.2) is 5.75 Å². The summed E-state index contributed by atoms with van der Waals surface area (Å²) in [6.07, 6.45) is 0.997. The van der Waals surface area contributed by atoms with E-state index in [-0.39, 0.29) is 29.3 Å². The molecule has 0 aliphatic carbocycles. The molecule has 0 atom stereocenters. The first kappa shape index (κ1) is 21.9. The molecule has 0 radical (unpaired) electrons. The number of imide groups is 2. The maximum Gasteiger partial charge on any atom is 0.335 e. The number of non-ortho nitro benzene ring substituents is 1. The number of anilines is 1. The number of phenolic OH excluding ortho intramolecular Hbond substituents is 1. The number of ether oxygens (including phenoxy) is 1. The lowest BCUT2D eigenvalue weighted by molar-refractivity contribution is -0.386. The normalized spacial score (nSPS) is 15.0.